The fourth-order valence-corrected chi connectivity index (χ4v) is 2.39. The maximum absolute atomic E-state index is 4.20. The summed E-state index contributed by atoms with van der Waals surface area (Å²) < 4.78 is 1.98. The summed E-state index contributed by atoms with van der Waals surface area (Å²) in [7, 11) is 0. The molecule has 0 aliphatic heterocycles. The van der Waals surface area contributed by atoms with Crippen molar-refractivity contribution >= 4 is 15.9 Å². The Balaban J connectivity index is 2.04. The monoisotopic (exact) mass is 329 g/mol. The third-order valence-electron chi connectivity index (χ3n) is 3.48. The highest BCUT2D eigenvalue weighted by Crippen LogP contribution is 2.23. The molecule has 0 radical (unpaired) electrons. The summed E-state index contributed by atoms with van der Waals surface area (Å²) in [6, 6.07) is 0. The summed E-state index contributed by atoms with van der Waals surface area (Å²) in [5, 5.41) is 8.38. The number of aromatic nitrogens is 3. The molecule has 19 heavy (non-hydrogen) atoms. The molecule has 0 saturated carbocycles. The van der Waals surface area contributed by atoms with Crippen LogP contribution in [0.4, 0.5) is 0 Å². The Bertz CT molecular complexity index is 325. The van der Waals surface area contributed by atoms with Crippen molar-refractivity contribution in [3.05, 3.63) is 11.9 Å². The van der Waals surface area contributed by atoms with Crippen LogP contribution in [0.1, 0.15) is 82.2 Å². The molecule has 1 rings (SSSR count). The van der Waals surface area contributed by atoms with E-state index < -0.39 is 0 Å². The molecule has 0 saturated heterocycles. The molecule has 0 aliphatic rings. The van der Waals surface area contributed by atoms with Crippen molar-refractivity contribution in [1.82, 2.24) is 15.0 Å². The minimum atomic E-state index is 0.347. The van der Waals surface area contributed by atoms with Crippen LogP contribution < -0.4 is 0 Å². The van der Waals surface area contributed by atoms with E-state index >= 15 is 0 Å². The summed E-state index contributed by atoms with van der Waals surface area (Å²) in [6.45, 7) is 5.42. The Morgan fingerprint density at radius 1 is 1.05 bits per heavy atom. The molecule has 1 atom stereocenters. The molecule has 0 N–H and O–H groups in total. The van der Waals surface area contributed by atoms with Crippen molar-refractivity contribution in [3.8, 4) is 0 Å². The van der Waals surface area contributed by atoms with Gasteiger partial charge in [0.2, 0.25) is 0 Å². The minimum Gasteiger partial charge on any atom is -0.252 e. The van der Waals surface area contributed by atoms with E-state index in [1.54, 1.807) is 0 Å². The number of alkyl halides is 1. The quantitative estimate of drug-likeness (QED) is 0.409. The zero-order valence-electron chi connectivity index (χ0n) is 12.4. The molecule has 4 heteroatoms. The first-order valence-corrected chi connectivity index (χ1v) is 8.73. The van der Waals surface area contributed by atoms with Crippen molar-refractivity contribution in [2.75, 3.05) is 0 Å². The number of unbranched alkanes of at least 4 members (excludes halogenated alkanes) is 7. The molecule has 0 bridgehead atoms. The van der Waals surface area contributed by atoms with Gasteiger partial charge in [-0.05, 0) is 12.8 Å². The average molecular weight is 330 g/mol. The van der Waals surface area contributed by atoms with Gasteiger partial charge in [-0.3, -0.25) is 4.68 Å². The molecule has 1 aromatic rings. The van der Waals surface area contributed by atoms with Crippen LogP contribution in [0.3, 0.4) is 0 Å². The first-order chi connectivity index (χ1) is 9.27. The highest BCUT2D eigenvalue weighted by atomic mass is 79.9. The van der Waals surface area contributed by atoms with Crippen LogP contribution in [0.5, 0.6) is 0 Å². The van der Waals surface area contributed by atoms with Crippen LogP contribution in [-0.2, 0) is 6.54 Å². The zero-order valence-corrected chi connectivity index (χ0v) is 14.0. The lowest BCUT2D eigenvalue weighted by molar-refractivity contribution is 0.510. The van der Waals surface area contributed by atoms with Crippen molar-refractivity contribution < 1.29 is 0 Å². The normalized spacial score (nSPS) is 12.8. The molecule has 1 aromatic heterocycles. The number of hydrogen-bond donors (Lipinski definition) is 0. The molecular formula is C15H28BrN3. The standard InChI is InChI=1S/C15H28BrN3/c1-3-5-6-7-8-9-10-11-12-19-13-15(17-18-19)14(16)4-2/h13-14H,3-12H2,1-2H3. The third kappa shape index (κ3) is 7.09. The number of rotatable bonds is 11. The van der Waals surface area contributed by atoms with E-state index in [1.807, 2.05) is 4.68 Å². The number of halogens is 1. The summed E-state index contributed by atoms with van der Waals surface area (Å²) in [5.41, 5.74) is 1.06. The van der Waals surface area contributed by atoms with Crippen molar-refractivity contribution in [2.45, 2.75) is 83.0 Å². The molecular weight excluding hydrogens is 302 g/mol. The van der Waals surface area contributed by atoms with Gasteiger partial charge in [0, 0.05) is 12.7 Å². The number of nitrogens with zero attached hydrogens (tertiary/aromatic N) is 3. The summed E-state index contributed by atoms with van der Waals surface area (Å²) in [4.78, 5) is 0.347. The van der Waals surface area contributed by atoms with Gasteiger partial charge >= 0.3 is 0 Å². The van der Waals surface area contributed by atoms with Gasteiger partial charge in [-0.15, -0.1) is 5.10 Å². The number of hydrogen-bond acceptors (Lipinski definition) is 2. The third-order valence-corrected chi connectivity index (χ3v) is 4.59. The van der Waals surface area contributed by atoms with E-state index in [4.69, 9.17) is 0 Å². The summed E-state index contributed by atoms with van der Waals surface area (Å²) in [5.74, 6) is 0. The molecule has 1 unspecified atom stereocenters. The fraction of sp³-hybridized carbons (Fsp3) is 0.867. The van der Waals surface area contributed by atoms with Crippen LogP contribution in [-0.4, -0.2) is 15.0 Å². The van der Waals surface area contributed by atoms with Gasteiger partial charge in [-0.2, -0.15) is 0 Å². The lowest BCUT2D eigenvalue weighted by Crippen LogP contribution is -1.98. The molecule has 0 aliphatic carbocycles. The maximum atomic E-state index is 4.20. The first kappa shape index (κ1) is 16.7. The predicted molar refractivity (Wildman–Crippen MR) is 84.6 cm³/mol. The van der Waals surface area contributed by atoms with Crippen molar-refractivity contribution in [1.29, 1.82) is 0 Å². The van der Waals surface area contributed by atoms with Gasteiger partial charge in [-0.25, -0.2) is 0 Å². The van der Waals surface area contributed by atoms with Crippen LogP contribution in [0.2, 0.25) is 0 Å². The highest BCUT2D eigenvalue weighted by molar-refractivity contribution is 9.09. The summed E-state index contributed by atoms with van der Waals surface area (Å²) >= 11 is 3.61. The highest BCUT2D eigenvalue weighted by Gasteiger charge is 2.08. The molecule has 3 nitrogen and oxygen atoms in total. The zero-order chi connectivity index (χ0) is 13.9. The first-order valence-electron chi connectivity index (χ1n) is 7.82. The van der Waals surface area contributed by atoms with Gasteiger partial charge in [0.05, 0.1) is 10.5 Å². The van der Waals surface area contributed by atoms with E-state index in [0.29, 0.717) is 4.83 Å². The van der Waals surface area contributed by atoms with Crippen LogP contribution in [0.25, 0.3) is 0 Å². The van der Waals surface area contributed by atoms with Crippen LogP contribution >= 0.6 is 15.9 Å². The molecule has 110 valence electrons. The fourth-order valence-electron chi connectivity index (χ4n) is 2.18. The van der Waals surface area contributed by atoms with Gasteiger partial charge in [0.25, 0.3) is 0 Å². The van der Waals surface area contributed by atoms with E-state index in [-0.39, 0.29) is 0 Å². The topological polar surface area (TPSA) is 30.7 Å². The van der Waals surface area contributed by atoms with E-state index in [0.717, 1.165) is 18.7 Å². The predicted octanol–water partition coefficient (Wildman–Crippen LogP) is 5.26. The lowest BCUT2D eigenvalue weighted by Gasteiger charge is -2.02. The second-order valence-corrected chi connectivity index (χ2v) is 6.36. The Morgan fingerprint density at radius 3 is 2.32 bits per heavy atom. The van der Waals surface area contributed by atoms with Crippen LogP contribution in [0, 0.1) is 0 Å². The van der Waals surface area contributed by atoms with E-state index in [9.17, 15) is 0 Å². The maximum Gasteiger partial charge on any atom is 0.0963 e. The molecule has 0 amide bonds. The number of aryl methyl sites for hydroxylation is 1. The Morgan fingerprint density at radius 2 is 1.68 bits per heavy atom. The Hall–Kier alpha value is -0.380. The van der Waals surface area contributed by atoms with Gasteiger partial charge in [0.1, 0.15) is 0 Å². The minimum absolute atomic E-state index is 0.347. The van der Waals surface area contributed by atoms with Gasteiger partial charge in [-0.1, -0.05) is 79.9 Å². The lowest BCUT2D eigenvalue weighted by atomic mass is 10.1. The van der Waals surface area contributed by atoms with Crippen LogP contribution in [0.15, 0.2) is 6.20 Å². The SMILES string of the molecule is CCCCCCCCCCn1cc(C(Br)CC)nn1. The van der Waals surface area contributed by atoms with Crippen molar-refractivity contribution in [3.63, 3.8) is 0 Å². The molecule has 0 aromatic carbocycles. The van der Waals surface area contributed by atoms with Gasteiger partial charge in [0.15, 0.2) is 0 Å². The Kier molecular flexibility index (Phi) is 9.14. The van der Waals surface area contributed by atoms with E-state index in [1.165, 1.54) is 51.4 Å². The van der Waals surface area contributed by atoms with Crippen molar-refractivity contribution in [2.24, 2.45) is 0 Å². The second-order valence-electron chi connectivity index (χ2n) is 5.26. The molecule has 0 fully saturated rings. The molecule has 1 heterocycles. The summed E-state index contributed by atoms with van der Waals surface area (Å²) in [6.07, 6.45) is 14.0. The van der Waals surface area contributed by atoms with E-state index in [2.05, 4.69) is 46.3 Å². The molecule has 0 spiro atoms. The smallest absolute Gasteiger partial charge is 0.0963 e. The largest absolute Gasteiger partial charge is 0.252 e. The Labute approximate surface area is 126 Å². The van der Waals surface area contributed by atoms with Gasteiger partial charge < -0.3 is 0 Å². The second kappa shape index (κ2) is 10.4. The average Bonchev–Trinajstić information content (AvgIpc) is 2.89.